The van der Waals surface area contributed by atoms with Crippen LogP contribution in [0.2, 0.25) is 10.0 Å². The van der Waals surface area contributed by atoms with Gasteiger partial charge in [-0.3, -0.25) is 9.59 Å². The van der Waals surface area contributed by atoms with Crippen LogP contribution in [-0.4, -0.2) is 46.2 Å². The highest BCUT2D eigenvalue weighted by molar-refractivity contribution is 6.34. The molecule has 0 aromatic heterocycles. The number of hydrogen-bond donors (Lipinski definition) is 5. The average molecular weight is 625 g/mol. The molecule has 4 rings (SSSR count). The second kappa shape index (κ2) is 15.2. The van der Waals surface area contributed by atoms with Crippen LogP contribution in [-0.2, 0) is 17.8 Å². The lowest BCUT2D eigenvalue weighted by molar-refractivity contribution is 0.0599. The first kappa shape index (κ1) is 32.5. The van der Waals surface area contributed by atoms with Crippen molar-refractivity contribution in [1.82, 2.24) is 10.6 Å². The molecule has 0 saturated heterocycles. The van der Waals surface area contributed by atoms with Gasteiger partial charge in [-0.2, -0.15) is 0 Å². The number of esters is 1. The van der Waals surface area contributed by atoms with Crippen molar-refractivity contribution in [3.63, 3.8) is 0 Å². The summed E-state index contributed by atoms with van der Waals surface area (Å²) in [5, 5.41) is 33.1. The fourth-order valence-corrected chi connectivity index (χ4v) is 4.18. The van der Waals surface area contributed by atoms with Gasteiger partial charge in [-0.15, -0.1) is 0 Å². The summed E-state index contributed by atoms with van der Waals surface area (Å²) in [6, 6.07) is 21.5. The van der Waals surface area contributed by atoms with E-state index in [4.69, 9.17) is 28.3 Å². The summed E-state index contributed by atoms with van der Waals surface area (Å²) >= 11 is 11.8. The molecule has 43 heavy (non-hydrogen) atoms. The van der Waals surface area contributed by atoms with Crippen LogP contribution >= 0.6 is 23.2 Å². The van der Waals surface area contributed by atoms with E-state index >= 15 is 0 Å². The molecule has 0 aliphatic carbocycles. The Morgan fingerprint density at radius 2 is 1.12 bits per heavy atom. The quantitative estimate of drug-likeness (QED) is 0.162. The SMILES string of the molecule is COC(=O)c1ccc(C(=O)NCc2cccc(O)c2)cc1Cl.O=C(NCc1cccc(O)c1)c1ccc(C(=O)O)c(Cl)c1. The van der Waals surface area contributed by atoms with Crippen molar-refractivity contribution in [2.75, 3.05) is 7.11 Å². The molecule has 0 aliphatic rings. The Balaban J connectivity index is 0.000000236. The zero-order chi connectivity index (χ0) is 31.5. The number of carbonyl (C=O) groups excluding carboxylic acids is 3. The van der Waals surface area contributed by atoms with Crippen molar-refractivity contribution < 1.29 is 39.2 Å². The van der Waals surface area contributed by atoms with Crippen LogP contribution in [0.3, 0.4) is 0 Å². The number of phenols is 2. The molecular formula is C31H26Cl2N2O8. The Bertz CT molecular complexity index is 1660. The molecule has 4 aromatic rings. The molecule has 0 bridgehead atoms. The van der Waals surface area contributed by atoms with Gasteiger partial charge in [0.25, 0.3) is 11.8 Å². The molecule has 4 aromatic carbocycles. The van der Waals surface area contributed by atoms with Gasteiger partial charge in [0.1, 0.15) is 11.5 Å². The normalized spacial score (nSPS) is 10.1. The summed E-state index contributed by atoms with van der Waals surface area (Å²) in [4.78, 5) is 46.3. The third-order valence-corrected chi connectivity index (χ3v) is 6.45. The lowest BCUT2D eigenvalue weighted by atomic mass is 10.1. The van der Waals surface area contributed by atoms with E-state index in [0.717, 1.165) is 11.1 Å². The number of rotatable bonds is 8. The molecule has 10 nitrogen and oxygen atoms in total. The second-order valence-corrected chi connectivity index (χ2v) is 9.71. The number of nitrogens with one attached hydrogen (secondary N) is 2. The van der Waals surface area contributed by atoms with E-state index in [9.17, 15) is 29.4 Å². The Labute approximate surface area is 256 Å². The third-order valence-electron chi connectivity index (χ3n) is 5.83. The van der Waals surface area contributed by atoms with Gasteiger partial charge in [0.05, 0.1) is 28.3 Å². The number of amides is 2. The minimum absolute atomic E-state index is 0.00695. The maximum Gasteiger partial charge on any atom is 0.339 e. The topological polar surface area (TPSA) is 162 Å². The zero-order valence-corrected chi connectivity index (χ0v) is 24.1. The molecule has 0 heterocycles. The summed E-state index contributed by atoms with van der Waals surface area (Å²) < 4.78 is 4.59. The average Bonchev–Trinajstić information content (AvgIpc) is 2.98. The number of halogens is 2. The first-order valence-electron chi connectivity index (χ1n) is 12.5. The molecule has 0 radical (unpaired) electrons. The molecule has 222 valence electrons. The fraction of sp³-hybridized carbons (Fsp3) is 0.0968. The van der Waals surface area contributed by atoms with E-state index in [1.54, 1.807) is 42.5 Å². The van der Waals surface area contributed by atoms with Crippen LogP contribution in [0, 0.1) is 0 Å². The highest BCUT2D eigenvalue weighted by atomic mass is 35.5. The number of hydrogen-bond acceptors (Lipinski definition) is 7. The molecule has 0 unspecified atom stereocenters. The maximum absolute atomic E-state index is 12.1. The third kappa shape index (κ3) is 9.49. The number of carboxylic acids is 1. The lowest BCUT2D eigenvalue weighted by Crippen LogP contribution is -2.22. The molecule has 2 amide bonds. The van der Waals surface area contributed by atoms with Crippen LogP contribution < -0.4 is 10.6 Å². The summed E-state index contributed by atoms with van der Waals surface area (Å²) in [5.74, 6) is -2.16. The first-order chi connectivity index (χ1) is 20.5. The standard InChI is InChI=1S/C16H14ClNO4.C15H12ClNO4/c1-22-16(21)13-6-5-11(8-14(13)17)15(20)18-9-10-3-2-4-12(19)7-10;16-13-7-10(4-5-12(13)15(20)21)14(19)17-8-9-2-1-3-11(18)6-9/h2-8,19H,9H2,1H3,(H,18,20);1-7,18H,8H2,(H,17,19)(H,20,21). The largest absolute Gasteiger partial charge is 0.508 e. The van der Waals surface area contributed by atoms with Crippen molar-refractivity contribution in [2.24, 2.45) is 0 Å². The summed E-state index contributed by atoms with van der Waals surface area (Å²) in [5.41, 5.74) is 2.26. The number of carbonyl (C=O) groups is 4. The summed E-state index contributed by atoms with van der Waals surface area (Å²) in [6.07, 6.45) is 0. The fourth-order valence-electron chi connectivity index (χ4n) is 3.66. The van der Waals surface area contributed by atoms with Gasteiger partial charge in [0.15, 0.2) is 0 Å². The van der Waals surface area contributed by atoms with E-state index in [0.29, 0.717) is 5.56 Å². The minimum atomic E-state index is -1.15. The van der Waals surface area contributed by atoms with Crippen molar-refractivity contribution >= 4 is 47.0 Å². The molecule has 0 saturated carbocycles. The van der Waals surface area contributed by atoms with E-state index in [1.165, 1.54) is 49.6 Å². The number of phenolic OH excluding ortho intramolecular Hbond substituents is 2. The van der Waals surface area contributed by atoms with Crippen molar-refractivity contribution in [1.29, 1.82) is 0 Å². The highest BCUT2D eigenvalue weighted by Gasteiger charge is 2.14. The van der Waals surface area contributed by atoms with Crippen LogP contribution in [0.15, 0.2) is 84.9 Å². The van der Waals surface area contributed by atoms with Crippen LogP contribution in [0.1, 0.15) is 52.6 Å². The molecular weight excluding hydrogens is 599 g/mol. The molecule has 0 aliphatic heterocycles. The zero-order valence-electron chi connectivity index (χ0n) is 22.6. The number of carboxylic acid groups (broad SMARTS) is 1. The Morgan fingerprint density at radius 3 is 1.49 bits per heavy atom. The molecule has 0 atom stereocenters. The van der Waals surface area contributed by atoms with Gasteiger partial charge in [-0.25, -0.2) is 9.59 Å². The monoisotopic (exact) mass is 624 g/mol. The first-order valence-corrected chi connectivity index (χ1v) is 13.3. The summed E-state index contributed by atoms with van der Waals surface area (Å²) in [7, 11) is 1.26. The predicted molar refractivity (Wildman–Crippen MR) is 160 cm³/mol. The van der Waals surface area contributed by atoms with Gasteiger partial charge in [0.2, 0.25) is 0 Å². The molecule has 0 fully saturated rings. The van der Waals surface area contributed by atoms with Crippen molar-refractivity contribution in [3.8, 4) is 11.5 Å². The number of ether oxygens (including phenoxy) is 1. The summed E-state index contributed by atoms with van der Waals surface area (Å²) in [6.45, 7) is 0.509. The van der Waals surface area contributed by atoms with Crippen LogP contribution in [0.4, 0.5) is 0 Å². The van der Waals surface area contributed by atoms with Gasteiger partial charge >= 0.3 is 11.9 Å². The van der Waals surface area contributed by atoms with E-state index < -0.39 is 11.9 Å². The van der Waals surface area contributed by atoms with Crippen molar-refractivity contribution in [2.45, 2.75) is 13.1 Å². The minimum Gasteiger partial charge on any atom is -0.508 e. The Kier molecular flexibility index (Phi) is 11.5. The number of benzene rings is 4. The van der Waals surface area contributed by atoms with E-state index in [-0.39, 0.29) is 63.1 Å². The van der Waals surface area contributed by atoms with Crippen LogP contribution in [0.25, 0.3) is 0 Å². The number of aromatic hydroxyl groups is 2. The van der Waals surface area contributed by atoms with Gasteiger partial charge in [-0.05, 0) is 71.8 Å². The van der Waals surface area contributed by atoms with E-state index in [1.807, 2.05) is 0 Å². The highest BCUT2D eigenvalue weighted by Crippen LogP contribution is 2.20. The maximum atomic E-state index is 12.1. The Morgan fingerprint density at radius 1 is 0.674 bits per heavy atom. The lowest BCUT2D eigenvalue weighted by Gasteiger charge is -2.08. The predicted octanol–water partition coefficient (Wildman–Crippen LogP) is 5.44. The smallest absolute Gasteiger partial charge is 0.339 e. The second-order valence-electron chi connectivity index (χ2n) is 8.89. The molecule has 5 N–H and O–H groups in total. The van der Waals surface area contributed by atoms with Crippen molar-refractivity contribution in [3.05, 3.63) is 128 Å². The molecule has 12 heteroatoms. The molecule has 0 spiro atoms. The van der Waals surface area contributed by atoms with E-state index in [2.05, 4.69) is 15.4 Å². The number of methoxy groups -OCH3 is 1. The number of aromatic carboxylic acids is 1. The Hall–Kier alpha value is -5.06. The van der Waals surface area contributed by atoms with Gasteiger partial charge < -0.3 is 30.7 Å². The van der Waals surface area contributed by atoms with Crippen LogP contribution in [0.5, 0.6) is 11.5 Å². The van der Waals surface area contributed by atoms with Gasteiger partial charge in [-0.1, -0.05) is 47.5 Å². The van der Waals surface area contributed by atoms with Gasteiger partial charge in [0, 0.05) is 24.2 Å².